The van der Waals surface area contributed by atoms with E-state index in [1.54, 1.807) is 24.5 Å². The normalized spacial score (nSPS) is 12.6. The van der Waals surface area contributed by atoms with Gasteiger partial charge in [0.25, 0.3) is 0 Å². The first kappa shape index (κ1) is 13.2. The molecule has 0 saturated heterocycles. The lowest BCUT2D eigenvalue weighted by Crippen LogP contribution is -2.04. The molecule has 1 aromatic heterocycles. The fourth-order valence-corrected chi connectivity index (χ4v) is 2.58. The molecule has 100 valence electrons. The summed E-state index contributed by atoms with van der Waals surface area (Å²) in [5, 5.41) is 12.3. The van der Waals surface area contributed by atoms with Gasteiger partial charge in [-0.1, -0.05) is 46.3 Å². The Hall–Kier alpha value is -1.78. The van der Waals surface area contributed by atoms with Crippen molar-refractivity contribution in [3.8, 4) is 0 Å². The Morgan fingerprint density at radius 1 is 1.05 bits per heavy atom. The molecule has 2 nitrogen and oxygen atoms in total. The molecule has 2 aromatic carbocycles. The predicted molar refractivity (Wildman–Crippen MR) is 79.9 cm³/mol. The van der Waals surface area contributed by atoms with E-state index in [-0.39, 0.29) is 5.56 Å². The minimum absolute atomic E-state index is 0.242. The van der Waals surface area contributed by atoms with Crippen molar-refractivity contribution in [3.05, 3.63) is 76.3 Å². The quantitative estimate of drug-likeness (QED) is 0.762. The molecule has 1 atom stereocenters. The summed E-state index contributed by atoms with van der Waals surface area (Å²) in [4.78, 5) is 4.11. The third kappa shape index (κ3) is 2.32. The molecule has 0 radical (unpaired) electrons. The van der Waals surface area contributed by atoms with Gasteiger partial charge in [0.2, 0.25) is 0 Å². The predicted octanol–water partition coefficient (Wildman–Crippen LogP) is 4.22. The molecular weight excluding hydrogens is 321 g/mol. The number of halogens is 2. The molecule has 1 N–H and O–H groups in total. The van der Waals surface area contributed by atoms with Gasteiger partial charge in [-0.25, -0.2) is 4.39 Å². The number of hydrogen-bond acceptors (Lipinski definition) is 2. The second-order valence-electron chi connectivity index (χ2n) is 4.52. The van der Waals surface area contributed by atoms with Crippen LogP contribution in [0.2, 0.25) is 0 Å². The van der Waals surface area contributed by atoms with Crippen molar-refractivity contribution in [2.24, 2.45) is 0 Å². The molecular formula is C16H11BrFNO. The first-order valence-electron chi connectivity index (χ1n) is 6.12. The molecule has 0 aliphatic heterocycles. The van der Waals surface area contributed by atoms with E-state index in [2.05, 4.69) is 20.9 Å². The van der Waals surface area contributed by atoms with E-state index in [1.165, 1.54) is 6.07 Å². The lowest BCUT2D eigenvalue weighted by molar-refractivity contribution is 0.216. The smallest absolute Gasteiger partial charge is 0.130 e. The van der Waals surface area contributed by atoms with Gasteiger partial charge in [0.15, 0.2) is 0 Å². The summed E-state index contributed by atoms with van der Waals surface area (Å²) in [5.41, 5.74) is 0.843. The number of aliphatic hydroxyl groups excluding tert-OH is 1. The Labute approximate surface area is 124 Å². The van der Waals surface area contributed by atoms with Crippen LogP contribution in [0, 0.1) is 5.82 Å². The third-order valence-electron chi connectivity index (χ3n) is 3.25. The molecule has 0 spiro atoms. The Balaban J connectivity index is 2.15. The zero-order valence-electron chi connectivity index (χ0n) is 10.4. The Kier molecular flexibility index (Phi) is 3.51. The summed E-state index contributed by atoms with van der Waals surface area (Å²) in [6, 6.07) is 12.2. The first-order valence-corrected chi connectivity index (χ1v) is 6.92. The van der Waals surface area contributed by atoms with Crippen LogP contribution < -0.4 is 0 Å². The fourth-order valence-electron chi connectivity index (χ4n) is 2.25. The van der Waals surface area contributed by atoms with Crippen LogP contribution in [0.25, 0.3) is 10.8 Å². The van der Waals surface area contributed by atoms with Crippen molar-refractivity contribution < 1.29 is 9.50 Å². The number of rotatable bonds is 2. The number of hydrogen-bond donors (Lipinski definition) is 1. The molecule has 1 heterocycles. The maximum absolute atomic E-state index is 14.0. The topological polar surface area (TPSA) is 33.1 Å². The first-order chi connectivity index (χ1) is 9.66. The highest BCUT2D eigenvalue weighted by Crippen LogP contribution is 2.30. The molecule has 0 bridgehead atoms. The van der Waals surface area contributed by atoms with Crippen LogP contribution in [0.4, 0.5) is 4.39 Å². The van der Waals surface area contributed by atoms with E-state index in [0.717, 1.165) is 10.8 Å². The Bertz CT molecular complexity index is 770. The molecule has 1 unspecified atom stereocenters. The van der Waals surface area contributed by atoms with Gasteiger partial charge in [0, 0.05) is 33.4 Å². The standard InChI is InChI=1S/C16H11BrFNO/c17-11-5-6-13(15(18)7-11)16(20)14-9-19-8-10-3-1-2-4-12(10)14/h1-9,16,20H. The van der Waals surface area contributed by atoms with E-state index in [1.807, 2.05) is 24.3 Å². The molecule has 4 heteroatoms. The number of fused-ring (bicyclic) bond motifs is 1. The second-order valence-corrected chi connectivity index (χ2v) is 5.43. The largest absolute Gasteiger partial charge is 0.383 e. The summed E-state index contributed by atoms with van der Waals surface area (Å²) >= 11 is 3.21. The maximum atomic E-state index is 14.0. The van der Waals surface area contributed by atoms with Crippen LogP contribution in [0.15, 0.2) is 59.3 Å². The minimum Gasteiger partial charge on any atom is -0.383 e. The Morgan fingerprint density at radius 2 is 1.85 bits per heavy atom. The van der Waals surface area contributed by atoms with Crippen LogP contribution in [0.1, 0.15) is 17.2 Å². The summed E-state index contributed by atoms with van der Waals surface area (Å²) in [6.07, 6.45) is 2.26. The monoisotopic (exact) mass is 331 g/mol. The van der Waals surface area contributed by atoms with E-state index in [9.17, 15) is 9.50 Å². The van der Waals surface area contributed by atoms with Gasteiger partial charge in [-0.2, -0.15) is 0 Å². The fraction of sp³-hybridized carbons (Fsp3) is 0.0625. The molecule has 3 rings (SSSR count). The van der Waals surface area contributed by atoms with Crippen LogP contribution in [0.5, 0.6) is 0 Å². The van der Waals surface area contributed by atoms with Gasteiger partial charge < -0.3 is 5.11 Å². The van der Waals surface area contributed by atoms with Gasteiger partial charge in [-0.3, -0.25) is 4.98 Å². The third-order valence-corrected chi connectivity index (χ3v) is 3.74. The van der Waals surface area contributed by atoms with Crippen molar-refractivity contribution in [3.63, 3.8) is 0 Å². The lowest BCUT2D eigenvalue weighted by Gasteiger charge is -2.14. The number of benzene rings is 2. The van der Waals surface area contributed by atoms with Crippen LogP contribution in [-0.2, 0) is 0 Å². The van der Waals surface area contributed by atoms with Gasteiger partial charge >= 0.3 is 0 Å². The van der Waals surface area contributed by atoms with Crippen molar-refractivity contribution in [2.45, 2.75) is 6.10 Å². The molecule has 20 heavy (non-hydrogen) atoms. The number of pyridine rings is 1. The number of aromatic nitrogens is 1. The van der Waals surface area contributed by atoms with Crippen molar-refractivity contribution in [2.75, 3.05) is 0 Å². The van der Waals surface area contributed by atoms with Crippen molar-refractivity contribution in [1.29, 1.82) is 0 Å². The molecule has 0 aliphatic carbocycles. The van der Waals surface area contributed by atoms with Crippen LogP contribution in [-0.4, -0.2) is 10.1 Å². The van der Waals surface area contributed by atoms with E-state index in [0.29, 0.717) is 10.0 Å². The lowest BCUT2D eigenvalue weighted by atomic mass is 9.98. The molecule has 0 amide bonds. The zero-order chi connectivity index (χ0) is 14.1. The van der Waals surface area contributed by atoms with E-state index < -0.39 is 11.9 Å². The SMILES string of the molecule is OC(c1ccc(Br)cc1F)c1cncc2ccccc12. The molecule has 3 aromatic rings. The highest BCUT2D eigenvalue weighted by atomic mass is 79.9. The highest BCUT2D eigenvalue weighted by molar-refractivity contribution is 9.10. The molecule has 0 aliphatic rings. The van der Waals surface area contributed by atoms with E-state index >= 15 is 0 Å². The van der Waals surface area contributed by atoms with Crippen LogP contribution >= 0.6 is 15.9 Å². The summed E-state index contributed by atoms with van der Waals surface area (Å²) < 4.78 is 14.6. The van der Waals surface area contributed by atoms with Crippen molar-refractivity contribution >= 4 is 26.7 Å². The average molecular weight is 332 g/mol. The summed E-state index contributed by atoms with van der Waals surface area (Å²) in [6.45, 7) is 0. The molecule has 0 saturated carbocycles. The van der Waals surface area contributed by atoms with Gasteiger partial charge in [0.1, 0.15) is 11.9 Å². The van der Waals surface area contributed by atoms with Gasteiger partial charge in [-0.05, 0) is 17.5 Å². The average Bonchev–Trinajstić information content (AvgIpc) is 2.46. The zero-order valence-corrected chi connectivity index (χ0v) is 12.0. The highest BCUT2D eigenvalue weighted by Gasteiger charge is 2.17. The molecule has 0 fully saturated rings. The summed E-state index contributed by atoms with van der Waals surface area (Å²) in [7, 11) is 0. The van der Waals surface area contributed by atoms with Crippen molar-refractivity contribution in [1.82, 2.24) is 4.98 Å². The van der Waals surface area contributed by atoms with E-state index in [4.69, 9.17) is 0 Å². The summed E-state index contributed by atoms with van der Waals surface area (Å²) in [5.74, 6) is -0.445. The Morgan fingerprint density at radius 3 is 2.65 bits per heavy atom. The van der Waals surface area contributed by atoms with Crippen LogP contribution in [0.3, 0.4) is 0 Å². The minimum atomic E-state index is -1.04. The van der Waals surface area contributed by atoms with Gasteiger partial charge in [0.05, 0.1) is 0 Å². The second kappa shape index (κ2) is 5.31. The maximum Gasteiger partial charge on any atom is 0.130 e. The number of aliphatic hydroxyl groups is 1. The van der Waals surface area contributed by atoms with Gasteiger partial charge in [-0.15, -0.1) is 0 Å². The number of nitrogens with zero attached hydrogens (tertiary/aromatic N) is 1.